The fourth-order valence-corrected chi connectivity index (χ4v) is 2.92. The van der Waals surface area contributed by atoms with E-state index < -0.39 is 0 Å². The van der Waals surface area contributed by atoms with Crippen molar-refractivity contribution >= 4 is 5.91 Å². The number of nitrogens with one attached hydrogen (secondary N) is 1. The van der Waals surface area contributed by atoms with Crippen LogP contribution in [0.2, 0.25) is 0 Å². The number of nitrogens with zero attached hydrogens (tertiary/aromatic N) is 2. The summed E-state index contributed by atoms with van der Waals surface area (Å²) in [6.07, 6.45) is 11.0. The van der Waals surface area contributed by atoms with Crippen molar-refractivity contribution < 1.29 is 4.79 Å². The highest BCUT2D eigenvalue weighted by molar-refractivity contribution is 5.91. The molecule has 0 unspecified atom stereocenters. The van der Waals surface area contributed by atoms with E-state index in [0.29, 0.717) is 5.82 Å². The summed E-state index contributed by atoms with van der Waals surface area (Å²) in [5.41, 5.74) is 1.10. The van der Waals surface area contributed by atoms with Crippen molar-refractivity contribution in [2.45, 2.75) is 24.9 Å². The molecule has 4 heteroatoms. The molecule has 0 bridgehead atoms. The molecule has 1 aliphatic heterocycles. The van der Waals surface area contributed by atoms with Gasteiger partial charge in [0.25, 0.3) is 5.91 Å². The number of carbonyl (C=O) groups excluding carboxylic acids is 1. The Morgan fingerprint density at radius 1 is 1.41 bits per heavy atom. The zero-order valence-corrected chi connectivity index (χ0v) is 12.4. The minimum atomic E-state index is -0.0740. The van der Waals surface area contributed by atoms with E-state index in [4.69, 9.17) is 0 Å². The Balaban J connectivity index is 1.99. The maximum atomic E-state index is 12.9. The monoisotopic (exact) mass is 293 g/mol. The van der Waals surface area contributed by atoms with Gasteiger partial charge >= 0.3 is 0 Å². The maximum absolute atomic E-state index is 12.9. The number of amides is 1. The smallest absolute Gasteiger partial charge is 0.290 e. The second-order valence-electron chi connectivity index (χ2n) is 5.35. The van der Waals surface area contributed by atoms with E-state index in [2.05, 4.69) is 28.7 Å². The van der Waals surface area contributed by atoms with Crippen molar-refractivity contribution in [3.05, 3.63) is 78.9 Å². The molecule has 2 atom stereocenters. The van der Waals surface area contributed by atoms with Gasteiger partial charge in [0.05, 0.1) is 6.04 Å². The van der Waals surface area contributed by atoms with Gasteiger partial charge in [-0.15, -0.1) is 6.58 Å². The van der Waals surface area contributed by atoms with E-state index >= 15 is 0 Å². The average Bonchev–Trinajstić information content (AvgIpc) is 3.10. The van der Waals surface area contributed by atoms with Gasteiger partial charge in [0.15, 0.2) is 5.82 Å². The SMILES string of the molecule is C=CC[C@@H]1CC=C[C@@H](c2ccccc2)N1C(=O)c1ncc[nH]1. The molecule has 0 aliphatic carbocycles. The van der Waals surface area contributed by atoms with Crippen molar-refractivity contribution in [3.63, 3.8) is 0 Å². The standard InChI is InChI=1S/C18H19N3O/c1-2-7-15-10-6-11-16(14-8-4-3-5-9-14)21(15)18(22)17-19-12-13-20-17/h2-6,8-9,11-13,15-16H,1,7,10H2,(H,19,20)/t15-,16+/m1/s1. The van der Waals surface area contributed by atoms with Crippen LogP contribution in [0.5, 0.6) is 0 Å². The highest BCUT2D eigenvalue weighted by atomic mass is 16.2. The van der Waals surface area contributed by atoms with E-state index in [1.165, 1.54) is 0 Å². The van der Waals surface area contributed by atoms with Crippen molar-refractivity contribution in [2.75, 3.05) is 0 Å². The average molecular weight is 293 g/mol. The molecule has 0 radical (unpaired) electrons. The fraction of sp³-hybridized carbons (Fsp3) is 0.222. The van der Waals surface area contributed by atoms with Gasteiger partial charge in [-0.05, 0) is 18.4 Å². The third-order valence-corrected chi connectivity index (χ3v) is 3.93. The first kappa shape index (κ1) is 14.3. The lowest BCUT2D eigenvalue weighted by molar-refractivity contribution is 0.0591. The van der Waals surface area contributed by atoms with Crippen molar-refractivity contribution in [1.29, 1.82) is 0 Å². The Kier molecular flexibility index (Phi) is 4.19. The lowest BCUT2D eigenvalue weighted by atomic mass is 9.94. The van der Waals surface area contributed by atoms with Crippen LogP contribution >= 0.6 is 0 Å². The summed E-state index contributed by atoms with van der Waals surface area (Å²) in [4.78, 5) is 21.8. The van der Waals surface area contributed by atoms with Crippen LogP contribution in [-0.2, 0) is 0 Å². The molecular formula is C18H19N3O. The molecule has 112 valence electrons. The normalized spacial score (nSPS) is 20.8. The zero-order valence-electron chi connectivity index (χ0n) is 12.4. The number of aromatic amines is 1. The number of aromatic nitrogens is 2. The predicted molar refractivity (Wildman–Crippen MR) is 86.3 cm³/mol. The summed E-state index contributed by atoms with van der Waals surface area (Å²) in [5.74, 6) is 0.306. The van der Waals surface area contributed by atoms with E-state index in [0.717, 1.165) is 18.4 Å². The van der Waals surface area contributed by atoms with E-state index in [1.54, 1.807) is 12.4 Å². The van der Waals surface area contributed by atoms with Crippen molar-refractivity contribution in [2.24, 2.45) is 0 Å². The minimum Gasteiger partial charge on any atom is -0.341 e. The third-order valence-electron chi connectivity index (χ3n) is 3.93. The molecule has 1 aromatic carbocycles. The van der Waals surface area contributed by atoms with Gasteiger partial charge < -0.3 is 9.88 Å². The van der Waals surface area contributed by atoms with Crippen LogP contribution in [0.1, 0.15) is 35.1 Å². The van der Waals surface area contributed by atoms with Gasteiger partial charge in [-0.2, -0.15) is 0 Å². The molecule has 2 aromatic rings. The second-order valence-corrected chi connectivity index (χ2v) is 5.35. The topological polar surface area (TPSA) is 49.0 Å². The fourth-order valence-electron chi connectivity index (χ4n) is 2.92. The molecular weight excluding hydrogens is 274 g/mol. The predicted octanol–water partition coefficient (Wildman–Crippen LogP) is 3.50. The zero-order chi connectivity index (χ0) is 15.4. The molecule has 0 spiro atoms. The van der Waals surface area contributed by atoms with Gasteiger partial charge in [-0.25, -0.2) is 4.98 Å². The molecule has 1 amide bonds. The summed E-state index contributed by atoms with van der Waals surface area (Å²) in [7, 11) is 0. The first-order valence-corrected chi connectivity index (χ1v) is 7.46. The number of carbonyl (C=O) groups is 1. The molecule has 3 rings (SSSR count). The number of hydrogen-bond donors (Lipinski definition) is 1. The number of rotatable bonds is 4. The quantitative estimate of drug-likeness (QED) is 0.877. The van der Waals surface area contributed by atoms with Gasteiger partial charge in [-0.1, -0.05) is 48.6 Å². The maximum Gasteiger partial charge on any atom is 0.290 e. The van der Waals surface area contributed by atoms with Gasteiger partial charge in [0.2, 0.25) is 0 Å². The lowest BCUT2D eigenvalue weighted by Gasteiger charge is -2.38. The van der Waals surface area contributed by atoms with Gasteiger partial charge in [0, 0.05) is 18.4 Å². The van der Waals surface area contributed by atoms with Crippen molar-refractivity contribution in [1.82, 2.24) is 14.9 Å². The largest absolute Gasteiger partial charge is 0.341 e. The Morgan fingerprint density at radius 3 is 2.91 bits per heavy atom. The molecule has 0 saturated heterocycles. The Bertz CT molecular complexity index is 661. The lowest BCUT2D eigenvalue weighted by Crippen LogP contribution is -2.44. The van der Waals surface area contributed by atoms with E-state index in [-0.39, 0.29) is 18.0 Å². The highest BCUT2D eigenvalue weighted by Crippen LogP contribution is 2.32. The Morgan fingerprint density at radius 2 is 2.23 bits per heavy atom. The van der Waals surface area contributed by atoms with Crippen LogP contribution in [0.3, 0.4) is 0 Å². The minimum absolute atomic E-state index is 0.0718. The van der Waals surface area contributed by atoms with E-state index in [1.807, 2.05) is 41.3 Å². The summed E-state index contributed by atoms with van der Waals surface area (Å²) in [5, 5.41) is 0. The third kappa shape index (κ3) is 2.72. The first-order chi connectivity index (χ1) is 10.8. The van der Waals surface area contributed by atoms with Crippen LogP contribution in [0.15, 0.2) is 67.5 Å². The summed E-state index contributed by atoms with van der Waals surface area (Å²) in [6.45, 7) is 3.82. The molecule has 1 aromatic heterocycles. The van der Waals surface area contributed by atoms with Gasteiger partial charge in [-0.3, -0.25) is 4.79 Å². The Labute approximate surface area is 130 Å². The number of imidazole rings is 1. The summed E-state index contributed by atoms with van der Waals surface area (Å²) in [6, 6.07) is 10.1. The Hall–Kier alpha value is -2.62. The molecule has 1 aliphatic rings. The van der Waals surface area contributed by atoms with Crippen LogP contribution < -0.4 is 0 Å². The molecule has 0 saturated carbocycles. The van der Waals surface area contributed by atoms with E-state index in [9.17, 15) is 4.79 Å². The molecule has 1 N–H and O–H groups in total. The van der Waals surface area contributed by atoms with Crippen LogP contribution in [0.25, 0.3) is 0 Å². The first-order valence-electron chi connectivity index (χ1n) is 7.46. The molecule has 0 fully saturated rings. The summed E-state index contributed by atoms with van der Waals surface area (Å²) >= 11 is 0. The molecule has 2 heterocycles. The number of H-pyrrole nitrogens is 1. The molecule has 22 heavy (non-hydrogen) atoms. The highest BCUT2D eigenvalue weighted by Gasteiger charge is 2.33. The van der Waals surface area contributed by atoms with Crippen LogP contribution in [0.4, 0.5) is 0 Å². The van der Waals surface area contributed by atoms with Crippen LogP contribution in [-0.4, -0.2) is 26.8 Å². The van der Waals surface area contributed by atoms with Crippen LogP contribution in [0, 0.1) is 0 Å². The van der Waals surface area contributed by atoms with Crippen molar-refractivity contribution in [3.8, 4) is 0 Å². The second kappa shape index (κ2) is 6.43. The number of benzene rings is 1. The van der Waals surface area contributed by atoms with Gasteiger partial charge in [0.1, 0.15) is 0 Å². The number of hydrogen-bond acceptors (Lipinski definition) is 2. The molecule has 4 nitrogen and oxygen atoms in total. The summed E-state index contributed by atoms with van der Waals surface area (Å²) < 4.78 is 0.